The second-order valence-corrected chi connectivity index (χ2v) is 6.40. The van der Waals surface area contributed by atoms with Crippen molar-refractivity contribution < 1.29 is 19.5 Å². The average molecular weight is 345 g/mol. The van der Waals surface area contributed by atoms with Crippen LogP contribution in [0.15, 0.2) is 35.5 Å². The van der Waals surface area contributed by atoms with E-state index in [4.69, 9.17) is 9.94 Å². The summed E-state index contributed by atoms with van der Waals surface area (Å²) in [4.78, 5) is 28.5. The number of benzene rings is 1. The fourth-order valence-corrected chi connectivity index (χ4v) is 3.53. The predicted octanol–water partition coefficient (Wildman–Crippen LogP) is 2.24. The first kappa shape index (κ1) is 17.3. The van der Waals surface area contributed by atoms with Gasteiger partial charge in [0.25, 0.3) is 0 Å². The highest BCUT2D eigenvalue weighted by atomic mass is 16.6. The van der Waals surface area contributed by atoms with Gasteiger partial charge < -0.3 is 14.8 Å². The number of carbonyl (C=O) groups excluding carboxylic acids is 2. The Hall–Kier alpha value is -2.57. The van der Waals surface area contributed by atoms with Gasteiger partial charge in [0.15, 0.2) is 0 Å². The summed E-state index contributed by atoms with van der Waals surface area (Å²) in [6.07, 6.45) is 4.00. The van der Waals surface area contributed by atoms with E-state index in [0.29, 0.717) is 19.5 Å². The van der Waals surface area contributed by atoms with Crippen LogP contribution in [0.5, 0.6) is 0 Å². The average Bonchev–Trinajstić information content (AvgIpc) is 3.30. The van der Waals surface area contributed by atoms with E-state index in [1.54, 1.807) is 4.90 Å². The maximum absolute atomic E-state index is 12.9. The summed E-state index contributed by atoms with van der Waals surface area (Å²) < 4.78 is 5.38. The molecule has 0 unspecified atom stereocenters. The smallest absolute Gasteiger partial charge is 0.410 e. The lowest BCUT2D eigenvalue weighted by atomic mass is 10.1. The summed E-state index contributed by atoms with van der Waals surface area (Å²) in [5.41, 5.74) is 0.914. The molecule has 1 aromatic carbocycles. The lowest BCUT2D eigenvalue weighted by Crippen LogP contribution is -2.49. The fraction of sp³-hybridized carbons (Fsp3) is 0.500. The number of oxime groups is 1. The van der Waals surface area contributed by atoms with Crippen LogP contribution in [-0.2, 0) is 16.1 Å². The van der Waals surface area contributed by atoms with Crippen LogP contribution in [0.4, 0.5) is 4.79 Å². The van der Waals surface area contributed by atoms with Gasteiger partial charge in [0.1, 0.15) is 12.6 Å². The lowest BCUT2D eigenvalue weighted by Gasteiger charge is -2.29. The van der Waals surface area contributed by atoms with Crippen LogP contribution >= 0.6 is 0 Å². The molecule has 0 aromatic heterocycles. The van der Waals surface area contributed by atoms with Gasteiger partial charge in [-0.05, 0) is 31.2 Å². The predicted molar refractivity (Wildman–Crippen MR) is 91.4 cm³/mol. The third-order valence-electron chi connectivity index (χ3n) is 4.80. The summed E-state index contributed by atoms with van der Waals surface area (Å²) in [5, 5.41) is 11.8. The van der Waals surface area contributed by atoms with Gasteiger partial charge in [-0.15, -0.1) is 0 Å². The van der Waals surface area contributed by atoms with Crippen molar-refractivity contribution >= 4 is 18.2 Å². The second kappa shape index (κ2) is 8.00. The summed E-state index contributed by atoms with van der Waals surface area (Å²) in [5.74, 6) is -0.0865. The molecule has 2 aliphatic heterocycles. The molecule has 7 nitrogen and oxygen atoms in total. The van der Waals surface area contributed by atoms with Gasteiger partial charge in [0, 0.05) is 13.1 Å². The molecule has 3 rings (SSSR count). The van der Waals surface area contributed by atoms with E-state index >= 15 is 0 Å². The maximum atomic E-state index is 12.9. The number of amides is 2. The Balaban J connectivity index is 1.61. The van der Waals surface area contributed by atoms with E-state index in [1.165, 1.54) is 11.1 Å². The lowest BCUT2D eigenvalue weighted by molar-refractivity contribution is -0.135. The highest BCUT2D eigenvalue weighted by Crippen LogP contribution is 2.25. The third-order valence-corrected chi connectivity index (χ3v) is 4.80. The Morgan fingerprint density at radius 1 is 1.16 bits per heavy atom. The largest absolute Gasteiger partial charge is 0.445 e. The molecule has 1 N–H and O–H groups in total. The topological polar surface area (TPSA) is 82.4 Å². The maximum Gasteiger partial charge on any atom is 0.410 e. The number of ether oxygens (including phenoxy) is 1. The van der Waals surface area contributed by atoms with E-state index in [2.05, 4.69) is 5.16 Å². The van der Waals surface area contributed by atoms with E-state index in [1.807, 2.05) is 30.3 Å². The molecule has 2 amide bonds. The minimum atomic E-state index is -0.490. The zero-order valence-corrected chi connectivity index (χ0v) is 14.1. The van der Waals surface area contributed by atoms with Crippen LogP contribution in [-0.4, -0.2) is 58.4 Å². The van der Waals surface area contributed by atoms with Gasteiger partial charge in [-0.3, -0.25) is 9.69 Å². The Bertz CT molecular complexity index is 634. The summed E-state index contributed by atoms with van der Waals surface area (Å²) in [7, 11) is 0. The molecule has 1 aromatic rings. The summed E-state index contributed by atoms with van der Waals surface area (Å²) in [6.45, 7) is 1.34. The zero-order valence-electron chi connectivity index (χ0n) is 14.1. The number of nitrogens with zero attached hydrogens (tertiary/aromatic N) is 3. The van der Waals surface area contributed by atoms with Crippen molar-refractivity contribution in [1.82, 2.24) is 9.80 Å². The number of rotatable bonds is 4. The van der Waals surface area contributed by atoms with Crippen molar-refractivity contribution in [2.75, 3.05) is 13.1 Å². The van der Waals surface area contributed by atoms with Crippen LogP contribution < -0.4 is 0 Å². The van der Waals surface area contributed by atoms with E-state index in [-0.39, 0.29) is 18.6 Å². The van der Waals surface area contributed by atoms with Gasteiger partial charge in [0.2, 0.25) is 5.91 Å². The van der Waals surface area contributed by atoms with Gasteiger partial charge in [-0.1, -0.05) is 35.5 Å². The van der Waals surface area contributed by atoms with E-state index < -0.39 is 12.1 Å². The van der Waals surface area contributed by atoms with E-state index in [0.717, 1.165) is 24.8 Å². The minimum absolute atomic E-state index is 0.0865. The normalized spacial score (nSPS) is 23.4. The van der Waals surface area contributed by atoms with Crippen molar-refractivity contribution in [1.29, 1.82) is 0 Å². The van der Waals surface area contributed by atoms with Crippen molar-refractivity contribution in [3.05, 3.63) is 35.9 Å². The van der Waals surface area contributed by atoms with Crippen LogP contribution in [0.3, 0.4) is 0 Å². The molecule has 2 atom stereocenters. The summed E-state index contributed by atoms with van der Waals surface area (Å²) >= 11 is 0. The third kappa shape index (κ3) is 3.92. The molecule has 2 aliphatic rings. The molecule has 0 spiro atoms. The second-order valence-electron chi connectivity index (χ2n) is 6.40. The molecule has 0 saturated carbocycles. The number of likely N-dealkylation sites (tertiary alicyclic amines) is 2. The molecule has 0 bridgehead atoms. The zero-order chi connectivity index (χ0) is 17.6. The molecular formula is C18H23N3O4. The molecule has 2 fully saturated rings. The SMILES string of the molecule is O=C([C@@H]1CCCN1C(=O)OCc1ccccc1)N1CCC[C@H]1/C=N/O. The van der Waals surface area contributed by atoms with Gasteiger partial charge in [-0.25, -0.2) is 4.79 Å². The van der Waals surface area contributed by atoms with Crippen LogP contribution in [0.1, 0.15) is 31.2 Å². The van der Waals surface area contributed by atoms with Gasteiger partial charge >= 0.3 is 6.09 Å². The first-order valence-corrected chi connectivity index (χ1v) is 8.66. The first-order valence-electron chi connectivity index (χ1n) is 8.66. The van der Waals surface area contributed by atoms with Gasteiger partial charge in [-0.2, -0.15) is 0 Å². The van der Waals surface area contributed by atoms with Crippen molar-refractivity contribution in [3.8, 4) is 0 Å². The van der Waals surface area contributed by atoms with E-state index in [9.17, 15) is 9.59 Å². The Kier molecular flexibility index (Phi) is 5.53. The first-order chi connectivity index (χ1) is 12.2. The van der Waals surface area contributed by atoms with Gasteiger partial charge in [0.05, 0.1) is 12.3 Å². The monoisotopic (exact) mass is 345 g/mol. The molecule has 2 heterocycles. The molecule has 0 aliphatic carbocycles. The molecule has 7 heteroatoms. The molecule has 25 heavy (non-hydrogen) atoms. The molecule has 134 valence electrons. The number of carbonyl (C=O) groups is 2. The fourth-order valence-electron chi connectivity index (χ4n) is 3.53. The van der Waals surface area contributed by atoms with Crippen molar-refractivity contribution in [2.24, 2.45) is 5.16 Å². The van der Waals surface area contributed by atoms with Crippen LogP contribution in [0.2, 0.25) is 0 Å². The van der Waals surface area contributed by atoms with Crippen molar-refractivity contribution in [2.45, 2.75) is 44.4 Å². The molecule has 2 saturated heterocycles. The highest BCUT2D eigenvalue weighted by Gasteiger charge is 2.40. The highest BCUT2D eigenvalue weighted by molar-refractivity contribution is 5.88. The Labute approximate surface area is 146 Å². The van der Waals surface area contributed by atoms with Crippen molar-refractivity contribution in [3.63, 3.8) is 0 Å². The standard InChI is InChI=1S/C18H23N3O4/c22-17(20-10-4-8-15(20)12-19-24)16-9-5-11-21(16)18(23)25-13-14-6-2-1-3-7-14/h1-3,6-7,12,15-16,24H,4-5,8-11,13H2/b19-12+/t15-,16-/m0/s1. The van der Waals surface area contributed by atoms with Crippen LogP contribution in [0, 0.1) is 0 Å². The Morgan fingerprint density at radius 3 is 2.64 bits per heavy atom. The Morgan fingerprint density at radius 2 is 1.88 bits per heavy atom. The number of hydrogen-bond acceptors (Lipinski definition) is 5. The number of hydrogen-bond donors (Lipinski definition) is 1. The molecular weight excluding hydrogens is 322 g/mol. The summed E-state index contributed by atoms with van der Waals surface area (Å²) in [6, 6.07) is 8.79. The quantitative estimate of drug-likeness (QED) is 0.515. The van der Waals surface area contributed by atoms with Crippen LogP contribution in [0.25, 0.3) is 0 Å². The minimum Gasteiger partial charge on any atom is -0.445 e. The molecule has 0 radical (unpaired) electrons.